The average Bonchev–Trinajstić information content (AvgIpc) is 3.30. The molecule has 2 aromatic rings. The molecule has 0 radical (unpaired) electrons. The molecule has 1 aromatic heterocycles. The first-order chi connectivity index (χ1) is 13.6. The van der Waals surface area contributed by atoms with E-state index in [0.29, 0.717) is 18.7 Å². The fourth-order valence-corrected chi connectivity index (χ4v) is 5.31. The van der Waals surface area contributed by atoms with Crippen molar-refractivity contribution in [3.63, 3.8) is 0 Å². The van der Waals surface area contributed by atoms with E-state index in [-0.39, 0.29) is 17.6 Å². The number of hydrogen-bond donors (Lipinski definition) is 1. The molecular formula is C21H26N2O3S2. The van der Waals surface area contributed by atoms with Crippen LogP contribution in [0.4, 0.5) is 0 Å². The van der Waals surface area contributed by atoms with Crippen LogP contribution < -0.4 is 0 Å². The second kappa shape index (κ2) is 10.1. The number of amides is 1. The van der Waals surface area contributed by atoms with Crippen molar-refractivity contribution < 1.29 is 14.7 Å². The van der Waals surface area contributed by atoms with Crippen molar-refractivity contribution in [1.82, 2.24) is 9.88 Å². The number of likely N-dealkylation sites (tertiary alicyclic amines) is 1. The van der Waals surface area contributed by atoms with Crippen LogP contribution in [0, 0.1) is 0 Å². The van der Waals surface area contributed by atoms with Crippen LogP contribution in [0.3, 0.4) is 0 Å². The van der Waals surface area contributed by atoms with Gasteiger partial charge in [-0.2, -0.15) is 0 Å². The molecule has 2 heterocycles. The molecule has 0 bridgehead atoms. The van der Waals surface area contributed by atoms with E-state index in [1.165, 1.54) is 53.5 Å². The lowest BCUT2D eigenvalue weighted by atomic mass is 10.0. The minimum absolute atomic E-state index is 0.0849. The molecule has 1 unspecified atom stereocenters. The number of carboxylic acids is 1. The van der Waals surface area contributed by atoms with Gasteiger partial charge >= 0.3 is 5.97 Å². The van der Waals surface area contributed by atoms with E-state index >= 15 is 0 Å². The Kier molecular flexibility index (Phi) is 7.50. The topological polar surface area (TPSA) is 70.5 Å². The summed E-state index contributed by atoms with van der Waals surface area (Å²) in [5.74, 6) is -0.0943. The van der Waals surface area contributed by atoms with Crippen molar-refractivity contribution in [3.8, 4) is 0 Å². The molecular weight excluding hydrogens is 392 g/mol. The fourth-order valence-electron chi connectivity index (χ4n) is 3.50. The summed E-state index contributed by atoms with van der Waals surface area (Å²) in [4.78, 5) is 29.3. The highest BCUT2D eigenvalue weighted by atomic mass is 32.2. The van der Waals surface area contributed by atoms with E-state index in [2.05, 4.69) is 36.2 Å². The minimum Gasteiger partial charge on any atom is -0.476 e. The molecule has 1 aliphatic heterocycles. The van der Waals surface area contributed by atoms with Gasteiger partial charge in [0, 0.05) is 24.1 Å². The van der Waals surface area contributed by atoms with Crippen LogP contribution >= 0.6 is 23.1 Å². The summed E-state index contributed by atoms with van der Waals surface area (Å²) in [6.45, 7) is 2.86. The smallest absolute Gasteiger partial charge is 0.355 e. The number of aryl methyl sites for hydroxylation is 1. The van der Waals surface area contributed by atoms with Crippen molar-refractivity contribution in [3.05, 3.63) is 46.5 Å². The molecule has 28 heavy (non-hydrogen) atoms. The molecule has 0 spiro atoms. The maximum Gasteiger partial charge on any atom is 0.355 e. The highest BCUT2D eigenvalue weighted by Crippen LogP contribution is 2.33. The van der Waals surface area contributed by atoms with Crippen LogP contribution in [0.2, 0.25) is 0 Å². The lowest BCUT2D eigenvalue weighted by molar-refractivity contribution is -0.128. The van der Waals surface area contributed by atoms with Crippen molar-refractivity contribution in [2.45, 2.75) is 55.8 Å². The number of aromatic carboxylic acids is 1. The molecule has 1 aliphatic rings. The first-order valence-electron chi connectivity index (χ1n) is 9.78. The van der Waals surface area contributed by atoms with Gasteiger partial charge in [0.05, 0.1) is 6.04 Å². The Morgan fingerprint density at radius 2 is 2.11 bits per heavy atom. The second-order valence-corrected chi connectivity index (χ2v) is 9.19. The van der Waals surface area contributed by atoms with Crippen LogP contribution in [-0.4, -0.2) is 39.2 Å². The molecule has 1 amide bonds. The van der Waals surface area contributed by atoms with Gasteiger partial charge in [0.15, 0.2) is 10.0 Å². The third-order valence-electron chi connectivity index (χ3n) is 5.02. The Labute approximate surface area is 174 Å². The molecule has 0 aliphatic carbocycles. The van der Waals surface area contributed by atoms with E-state index in [1.54, 1.807) is 5.38 Å². The molecule has 1 saturated heterocycles. The standard InChI is InChI=1S/C21H26N2O3S2/c1-2-3-4-5-15-6-8-16(9-7-15)18-10-11-19(24)23(18)12-13-27-21-22-17(14-28-21)20(25)26/h6-9,14,18H,2-5,10-13H2,1H3,(H,25,26). The number of nitrogens with zero attached hydrogens (tertiary/aromatic N) is 2. The summed E-state index contributed by atoms with van der Waals surface area (Å²) in [5.41, 5.74) is 2.65. The SMILES string of the molecule is CCCCCc1ccc(C2CCC(=O)N2CCSc2nc(C(=O)O)cs2)cc1. The van der Waals surface area contributed by atoms with Crippen molar-refractivity contribution in [1.29, 1.82) is 0 Å². The third-order valence-corrected chi connectivity index (χ3v) is 7.02. The summed E-state index contributed by atoms with van der Waals surface area (Å²) in [7, 11) is 0. The number of rotatable bonds is 10. The Morgan fingerprint density at radius 1 is 1.32 bits per heavy atom. The molecule has 1 aromatic carbocycles. The molecule has 5 nitrogen and oxygen atoms in total. The zero-order valence-corrected chi connectivity index (χ0v) is 17.7. The van der Waals surface area contributed by atoms with Crippen LogP contribution in [0.5, 0.6) is 0 Å². The summed E-state index contributed by atoms with van der Waals surface area (Å²) in [6.07, 6.45) is 6.28. The van der Waals surface area contributed by atoms with E-state index in [0.717, 1.165) is 17.2 Å². The van der Waals surface area contributed by atoms with Crippen LogP contribution in [0.25, 0.3) is 0 Å². The Morgan fingerprint density at radius 3 is 2.79 bits per heavy atom. The van der Waals surface area contributed by atoms with E-state index < -0.39 is 5.97 Å². The van der Waals surface area contributed by atoms with E-state index in [1.807, 2.05) is 4.90 Å². The number of unbranched alkanes of at least 4 members (excludes halogenated alkanes) is 2. The van der Waals surface area contributed by atoms with Gasteiger partial charge in [-0.05, 0) is 30.4 Å². The number of thioether (sulfide) groups is 1. The van der Waals surface area contributed by atoms with Gasteiger partial charge in [-0.1, -0.05) is 55.8 Å². The Hall–Kier alpha value is -1.86. The highest BCUT2D eigenvalue weighted by molar-refractivity contribution is 8.01. The van der Waals surface area contributed by atoms with Gasteiger partial charge in [0.2, 0.25) is 5.91 Å². The number of thiazole rings is 1. The summed E-state index contributed by atoms with van der Waals surface area (Å²) >= 11 is 2.84. The normalized spacial score (nSPS) is 16.7. The van der Waals surface area contributed by atoms with Gasteiger partial charge in [-0.3, -0.25) is 4.79 Å². The Bertz CT molecular complexity index is 804. The van der Waals surface area contributed by atoms with E-state index in [4.69, 9.17) is 5.11 Å². The maximum atomic E-state index is 12.4. The number of benzene rings is 1. The van der Waals surface area contributed by atoms with Crippen molar-refractivity contribution in [2.24, 2.45) is 0 Å². The molecule has 3 rings (SSSR count). The maximum absolute atomic E-state index is 12.4. The quantitative estimate of drug-likeness (QED) is 0.433. The number of aromatic nitrogens is 1. The first-order valence-corrected chi connectivity index (χ1v) is 11.6. The zero-order chi connectivity index (χ0) is 19.9. The van der Waals surface area contributed by atoms with Crippen LogP contribution in [-0.2, 0) is 11.2 Å². The second-order valence-electron chi connectivity index (χ2n) is 6.99. The van der Waals surface area contributed by atoms with E-state index in [9.17, 15) is 9.59 Å². The Balaban J connectivity index is 1.55. The van der Waals surface area contributed by atoms with Crippen LogP contribution in [0.15, 0.2) is 34.0 Å². The summed E-state index contributed by atoms with van der Waals surface area (Å²) in [6, 6.07) is 8.88. The monoisotopic (exact) mass is 418 g/mol. The van der Waals surface area contributed by atoms with Gasteiger partial charge < -0.3 is 10.0 Å². The molecule has 1 N–H and O–H groups in total. The predicted octanol–water partition coefficient (Wildman–Crippen LogP) is 5.03. The van der Waals surface area contributed by atoms with Crippen molar-refractivity contribution in [2.75, 3.05) is 12.3 Å². The van der Waals surface area contributed by atoms with Crippen LogP contribution in [0.1, 0.15) is 66.7 Å². The molecule has 1 fully saturated rings. The number of hydrogen-bond acceptors (Lipinski definition) is 5. The van der Waals surface area contributed by atoms with Gasteiger partial charge in [0.25, 0.3) is 0 Å². The largest absolute Gasteiger partial charge is 0.476 e. The average molecular weight is 419 g/mol. The number of carbonyl (C=O) groups is 2. The van der Waals surface area contributed by atoms with Gasteiger partial charge in [0.1, 0.15) is 0 Å². The number of carbonyl (C=O) groups excluding carboxylic acids is 1. The minimum atomic E-state index is -1.00. The molecule has 150 valence electrons. The molecule has 1 atom stereocenters. The number of carboxylic acid groups (broad SMARTS) is 1. The molecule has 0 saturated carbocycles. The molecule has 7 heteroatoms. The highest BCUT2D eigenvalue weighted by Gasteiger charge is 2.31. The lowest BCUT2D eigenvalue weighted by Gasteiger charge is -2.25. The first kappa shape index (κ1) is 20.9. The lowest BCUT2D eigenvalue weighted by Crippen LogP contribution is -2.29. The van der Waals surface area contributed by atoms with Gasteiger partial charge in [-0.15, -0.1) is 11.3 Å². The zero-order valence-electron chi connectivity index (χ0n) is 16.1. The van der Waals surface area contributed by atoms with Crippen molar-refractivity contribution >= 4 is 35.0 Å². The summed E-state index contributed by atoms with van der Waals surface area (Å²) in [5, 5.41) is 10.5. The summed E-state index contributed by atoms with van der Waals surface area (Å²) < 4.78 is 0.733. The van der Waals surface area contributed by atoms with Gasteiger partial charge in [-0.25, -0.2) is 9.78 Å². The predicted molar refractivity (Wildman–Crippen MR) is 113 cm³/mol. The third kappa shape index (κ3) is 5.35. The fraction of sp³-hybridized carbons (Fsp3) is 0.476.